The molecule has 0 N–H and O–H groups in total. The summed E-state index contributed by atoms with van der Waals surface area (Å²) in [7, 11) is 0. The number of nitriles is 1. The van der Waals surface area contributed by atoms with Crippen molar-refractivity contribution in [3.63, 3.8) is 0 Å². The van der Waals surface area contributed by atoms with Gasteiger partial charge in [-0.2, -0.15) is 5.26 Å². The highest BCUT2D eigenvalue weighted by molar-refractivity contribution is 7.10. The highest BCUT2D eigenvalue weighted by atomic mass is 32.1. The van der Waals surface area contributed by atoms with Crippen LogP contribution < -0.4 is 0 Å². The van der Waals surface area contributed by atoms with Gasteiger partial charge in [0.15, 0.2) is 5.78 Å². The van der Waals surface area contributed by atoms with Gasteiger partial charge in [0.1, 0.15) is 5.92 Å². The smallest absolute Gasteiger partial charge is 0.185 e. The minimum absolute atomic E-state index is 0.130. The van der Waals surface area contributed by atoms with Crippen LogP contribution in [0.2, 0.25) is 0 Å². The summed E-state index contributed by atoms with van der Waals surface area (Å²) in [6.45, 7) is 1.97. The van der Waals surface area contributed by atoms with E-state index >= 15 is 0 Å². The van der Waals surface area contributed by atoms with Gasteiger partial charge in [0, 0.05) is 10.4 Å². The average Bonchev–Trinajstić information content (AvgIpc) is 2.84. The molecule has 1 atom stereocenters. The summed E-state index contributed by atoms with van der Waals surface area (Å²) in [6.07, 6.45) is 0. The molecule has 0 saturated carbocycles. The first-order chi connectivity index (χ1) is 8.22. The van der Waals surface area contributed by atoms with E-state index in [1.54, 1.807) is 12.1 Å². The Bertz CT molecular complexity index is 549. The molecule has 0 spiro atoms. The highest BCUT2D eigenvalue weighted by Gasteiger charge is 2.22. The van der Waals surface area contributed by atoms with E-state index in [4.69, 9.17) is 5.26 Å². The molecule has 2 aromatic rings. The molecular formula is C14H11NOS. The van der Waals surface area contributed by atoms with Crippen LogP contribution in [0, 0.1) is 18.3 Å². The number of carbonyl (C=O) groups is 1. The first kappa shape index (κ1) is 11.6. The first-order valence-electron chi connectivity index (χ1n) is 5.26. The molecule has 0 aliphatic rings. The summed E-state index contributed by atoms with van der Waals surface area (Å²) >= 11 is 1.44. The first-order valence-corrected chi connectivity index (χ1v) is 6.14. The third-order valence-electron chi connectivity index (χ3n) is 2.56. The Morgan fingerprint density at radius 3 is 2.53 bits per heavy atom. The minimum atomic E-state index is -0.683. The number of thiophene rings is 1. The molecule has 0 bridgehead atoms. The van der Waals surface area contributed by atoms with Crippen molar-refractivity contribution < 1.29 is 4.79 Å². The normalized spacial score (nSPS) is 11.8. The summed E-state index contributed by atoms with van der Waals surface area (Å²) in [6, 6.07) is 13.1. The van der Waals surface area contributed by atoms with E-state index in [-0.39, 0.29) is 5.78 Å². The van der Waals surface area contributed by atoms with Crippen molar-refractivity contribution in [1.82, 2.24) is 0 Å². The lowest BCUT2D eigenvalue weighted by molar-refractivity contribution is 0.0980. The fourth-order valence-corrected chi connectivity index (χ4v) is 2.36. The number of carbonyl (C=O) groups excluding carboxylic acids is 1. The van der Waals surface area contributed by atoms with Gasteiger partial charge in [-0.15, -0.1) is 11.3 Å². The van der Waals surface area contributed by atoms with E-state index in [0.717, 1.165) is 10.4 Å². The quantitative estimate of drug-likeness (QED) is 0.771. The Balaban J connectivity index is 2.31. The third-order valence-corrected chi connectivity index (χ3v) is 3.49. The van der Waals surface area contributed by atoms with E-state index < -0.39 is 5.92 Å². The van der Waals surface area contributed by atoms with Crippen LogP contribution in [0.1, 0.15) is 26.7 Å². The number of Topliss-reactive ketones (excluding diaryl/α,β-unsaturated/α-hetero) is 1. The average molecular weight is 241 g/mol. The van der Waals surface area contributed by atoms with Crippen molar-refractivity contribution in [1.29, 1.82) is 5.26 Å². The molecule has 0 aliphatic heterocycles. The van der Waals surface area contributed by atoms with Crippen LogP contribution in [0.15, 0.2) is 41.8 Å². The Kier molecular flexibility index (Phi) is 3.36. The molecular weight excluding hydrogens is 230 g/mol. The number of aryl methyl sites for hydroxylation is 1. The SMILES string of the molecule is Cc1ccc(C(=O)C(C#N)c2cccs2)cc1. The predicted octanol–water partition coefficient (Wildman–Crippen LogP) is 3.55. The largest absolute Gasteiger partial charge is 0.292 e. The minimum Gasteiger partial charge on any atom is -0.292 e. The lowest BCUT2D eigenvalue weighted by Crippen LogP contribution is -2.09. The van der Waals surface area contributed by atoms with Crippen LogP contribution in [-0.4, -0.2) is 5.78 Å². The Morgan fingerprint density at radius 1 is 1.29 bits per heavy atom. The topological polar surface area (TPSA) is 40.9 Å². The number of benzene rings is 1. The van der Waals surface area contributed by atoms with Crippen molar-refractivity contribution in [2.45, 2.75) is 12.8 Å². The zero-order valence-corrected chi connectivity index (χ0v) is 10.2. The maximum absolute atomic E-state index is 12.2. The summed E-state index contributed by atoms with van der Waals surface area (Å²) in [5, 5.41) is 11.0. The maximum Gasteiger partial charge on any atom is 0.185 e. The zero-order chi connectivity index (χ0) is 12.3. The van der Waals surface area contributed by atoms with Gasteiger partial charge in [-0.25, -0.2) is 0 Å². The maximum atomic E-state index is 12.2. The molecule has 0 amide bonds. The summed E-state index contributed by atoms with van der Waals surface area (Å²) < 4.78 is 0. The summed E-state index contributed by atoms with van der Waals surface area (Å²) in [4.78, 5) is 13.0. The molecule has 3 heteroatoms. The fraction of sp³-hybridized carbons (Fsp3) is 0.143. The van der Waals surface area contributed by atoms with Crippen molar-refractivity contribution in [3.8, 4) is 6.07 Å². The number of nitrogens with zero attached hydrogens (tertiary/aromatic N) is 1. The molecule has 2 rings (SSSR count). The van der Waals surface area contributed by atoms with Crippen molar-refractivity contribution in [3.05, 3.63) is 57.8 Å². The van der Waals surface area contributed by atoms with E-state index in [1.165, 1.54) is 11.3 Å². The Morgan fingerprint density at radius 2 is 2.00 bits per heavy atom. The van der Waals surface area contributed by atoms with Crippen LogP contribution in [0.3, 0.4) is 0 Å². The second kappa shape index (κ2) is 4.94. The van der Waals surface area contributed by atoms with Gasteiger partial charge in [-0.3, -0.25) is 4.79 Å². The monoisotopic (exact) mass is 241 g/mol. The molecule has 1 unspecified atom stereocenters. The number of ketones is 1. The zero-order valence-electron chi connectivity index (χ0n) is 9.38. The molecule has 2 nitrogen and oxygen atoms in total. The molecule has 0 aliphatic carbocycles. The Labute approximate surface area is 104 Å². The number of rotatable bonds is 3. The predicted molar refractivity (Wildman–Crippen MR) is 68.2 cm³/mol. The van der Waals surface area contributed by atoms with E-state index in [2.05, 4.69) is 6.07 Å². The van der Waals surface area contributed by atoms with Gasteiger partial charge in [0.2, 0.25) is 0 Å². The van der Waals surface area contributed by atoms with Crippen molar-refractivity contribution >= 4 is 17.1 Å². The van der Waals surface area contributed by atoms with Crippen LogP contribution >= 0.6 is 11.3 Å². The third kappa shape index (κ3) is 2.43. The number of hydrogen-bond acceptors (Lipinski definition) is 3. The van der Waals surface area contributed by atoms with Crippen LogP contribution in [0.25, 0.3) is 0 Å². The second-order valence-corrected chi connectivity index (χ2v) is 4.79. The molecule has 0 fully saturated rings. The van der Waals surface area contributed by atoms with Gasteiger partial charge in [-0.1, -0.05) is 35.9 Å². The molecule has 1 aromatic heterocycles. The Hall–Kier alpha value is -1.92. The summed E-state index contributed by atoms with van der Waals surface area (Å²) in [5.41, 5.74) is 1.70. The van der Waals surface area contributed by atoms with Crippen molar-refractivity contribution in [2.24, 2.45) is 0 Å². The molecule has 0 radical (unpaired) electrons. The van der Waals surface area contributed by atoms with E-state index in [9.17, 15) is 4.79 Å². The van der Waals surface area contributed by atoms with Gasteiger partial charge in [-0.05, 0) is 18.4 Å². The fourth-order valence-electron chi connectivity index (χ4n) is 1.59. The van der Waals surface area contributed by atoms with Gasteiger partial charge >= 0.3 is 0 Å². The standard InChI is InChI=1S/C14H11NOS/c1-10-4-6-11(7-5-10)14(16)12(9-15)13-3-2-8-17-13/h2-8,12H,1H3. The number of hydrogen-bond donors (Lipinski definition) is 0. The molecule has 1 heterocycles. The second-order valence-electron chi connectivity index (χ2n) is 3.81. The van der Waals surface area contributed by atoms with Crippen LogP contribution in [0.4, 0.5) is 0 Å². The van der Waals surface area contributed by atoms with Crippen LogP contribution in [0.5, 0.6) is 0 Å². The molecule has 84 valence electrons. The lowest BCUT2D eigenvalue weighted by atomic mass is 9.97. The molecule has 17 heavy (non-hydrogen) atoms. The lowest BCUT2D eigenvalue weighted by Gasteiger charge is -2.06. The summed E-state index contributed by atoms with van der Waals surface area (Å²) in [5.74, 6) is -0.812. The van der Waals surface area contributed by atoms with Gasteiger partial charge in [0.25, 0.3) is 0 Å². The van der Waals surface area contributed by atoms with Gasteiger partial charge < -0.3 is 0 Å². The van der Waals surface area contributed by atoms with Gasteiger partial charge in [0.05, 0.1) is 6.07 Å². The van der Waals surface area contributed by atoms with E-state index in [0.29, 0.717) is 5.56 Å². The van der Waals surface area contributed by atoms with Crippen LogP contribution in [-0.2, 0) is 0 Å². The molecule has 0 saturated heterocycles. The van der Waals surface area contributed by atoms with E-state index in [1.807, 2.05) is 36.6 Å². The van der Waals surface area contributed by atoms with Crippen molar-refractivity contribution in [2.75, 3.05) is 0 Å². The highest BCUT2D eigenvalue weighted by Crippen LogP contribution is 2.24. The molecule has 1 aromatic carbocycles.